The monoisotopic (exact) mass is 241 g/mol. The van der Waals surface area contributed by atoms with Crippen molar-refractivity contribution in [2.75, 3.05) is 13.2 Å². The first kappa shape index (κ1) is 10.7. The summed E-state index contributed by atoms with van der Waals surface area (Å²) in [6.07, 6.45) is 1.63. The summed E-state index contributed by atoms with van der Waals surface area (Å²) < 4.78 is 12.7. The number of nitrogens with zero attached hydrogens (tertiary/aromatic N) is 3. The molecule has 1 aromatic heterocycles. The SMILES string of the molecule is Cn1cnc(-c2ccc3c(c2)OCCO3)c1C#N. The van der Waals surface area contributed by atoms with Gasteiger partial charge in [-0.3, -0.25) is 0 Å². The van der Waals surface area contributed by atoms with Gasteiger partial charge in [0.15, 0.2) is 11.5 Å². The van der Waals surface area contributed by atoms with Crippen LogP contribution in [0.1, 0.15) is 5.69 Å². The van der Waals surface area contributed by atoms with Crippen molar-refractivity contribution < 1.29 is 9.47 Å². The van der Waals surface area contributed by atoms with Crippen molar-refractivity contribution >= 4 is 0 Å². The second kappa shape index (κ2) is 4.08. The van der Waals surface area contributed by atoms with Crippen LogP contribution in [0, 0.1) is 11.3 Å². The van der Waals surface area contributed by atoms with Gasteiger partial charge in [0.2, 0.25) is 0 Å². The van der Waals surface area contributed by atoms with E-state index < -0.39 is 0 Å². The van der Waals surface area contributed by atoms with Gasteiger partial charge in [0.05, 0.1) is 6.33 Å². The first-order chi connectivity index (χ1) is 8.79. The molecule has 90 valence electrons. The molecule has 0 N–H and O–H groups in total. The van der Waals surface area contributed by atoms with Gasteiger partial charge in [-0.2, -0.15) is 5.26 Å². The van der Waals surface area contributed by atoms with Crippen molar-refractivity contribution in [3.63, 3.8) is 0 Å². The minimum absolute atomic E-state index is 0.534. The molecule has 2 heterocycles. The number of fused-ring (bicyclic) bond motifs is 1. The fourth-order valence-corrected chi connectivity index (χ4v) is 1.96. The molecule has 0 spiro atoms. The number of imidazole rings is 1. The lowest BCUT2D eigenvalue weighted by molar-refractivity contribution is 0.171. The van der Waals surface area contributed by atoms with E-state index in [-0.39, 0.29) is 0 Å². The Labute approximate surface area is 104 Å². The predicted molar refractivity (Wildman–Crippen MR) is 64.3 cm³/mol. The predicted octanol–water partition coefficient (Wildman–Crippen LogP) is 1.73. The average molecular weight is 241 g/mol. The Bertz CT molecular complexity index is 640. The molecule has 1 aromatic carbocycles. The van der Waals surface area contributed by atoms with E-state index in [4.69, 9.17) is 14.7 Å². The summed E-state index contributed by atoms with van der Waals surface area (Å²) in [5, 5.41) is 9.12. The molecule has 0 saturated carbocycles. The highest BCUT2D eigenvalue weighted by molar-refractivity contribution is 5.68. The smallest absolute Gasteiger partial charge is 0.162 e. The van der Waals surface area contributed by atoms with Crippen molar-refractivity contribution in [3.05, 3.63) is 30.2 Å². The van der Waals surface area contributed by atoms with Crippen molar-refractivity contribution in [2.24, 2.45) is 7.05 Å². The van der Waals surface area contributed by atoms with Crippen molar-refractivity contribution in [1.82, 2.24) is 9.55 Å². The zero-order valence-electron chi connectivity index (χ0n) is 9.88. The van der Waals surface area contributed by atoms with Gasteiger partial charge in [0.25, 0.3) is 0 Å². The van der Waals surface area contributed by atoms with E-state index in [9.17, 15) is 0 Å². The molecule has 1 aliphatic heterocycles. The number of aryl methyl sites for hydroxylation is 1. The van der Waals surface area contributed by atoms with Crippen LogP contribution in [-0.2, 0) is 7.05 Å². The van der Waals surface area contributed by atoms with Gasteiger partial charge in [-0.05, 0) is 18.2 Å². The molecule has 1 aliphatic rings. The quantitative estimate of drug-likeness (QED) is 0.762. The molecule has 0 bridgehead atoms. The fourth-order valence-electron chi connectivity index (χ4n) is 1.96. The number of ether oxygens (including phenoxy) is 2. The van der Waals surface area contributed by atoms with E-state index in [1.165, 1.54) is 0 Å². The standard InChI is InChI=1S/C13H11N3O2/c1-16-8-15-13(10(16)7-14)9-2-3-11-12(6-9)18-5-4-17-11/h2-3,6,8H,4-5H2,1H3. The molecule has 0 radical (unpaired) electrons. The molecule has 18 heavy (non-hydrogen) atoms. The molecule has 0 amide bonds. The minimum atomic E-state index is 0.534. The Hall–Kier alpha value is -2.48. The Kier molecular flexibility index (Phi) is 2.41. The van der Waals surface area contributed by atoms with E-state index in [0.29, 0.717) is 30.4 Å². The van der Waals surface area contributed by atoms with Crippen LogP contribution in [-0.4, -0.2) is 22.8 Å². The molecule has 2 aromatic rings. The van der Waals surface area contributed by atoms with Crippen LogP contribution < -0.4 is 9.47 Å². The number of rotatable bonds is 1. The second-order valence-corrected chi connectivity index (χ2v) is 4.02. The second-order valence-electron chi connectivity index (χ2n) is 4.02. The van der Waals surface area contributed by atoms with Gasteiger partial charge in [-0.1, -0.05) is 0 Å². The van der Waals surface area contributed by atoms with Crippen LogP contribution in [0.3, 0.4) is 0 Å². The molecule has 0 unspecified atom stereocenters. The summed E-state index contributed by atoms with van der Waals surface area (Å²) in [5.41, 5.74) is 2.06. The summed E-state index contributed by atoms with van der Waals surface area (Å²) >= 11 is 0. The Balaban J connectivity index is 2.10. The van der Waals surface area contributed by atoms with Gasteiger partial charge in [-0.25, -0.2) is 4.98 Å². The third-order valence-corrected chi connectivity index (χ3v) is 2.86. The number of hydrogen-bond acceptors (Lipinski definition) is 4. The maximum Gasteiger partial charge on any atom is 0.162 e. The van der Waals surface area contributed by atoms with Crippen LogP contribution in [0.2, 0.25) is 0 Å². The van der Waals surface area contributed by atoms with Crippen LogP contribution in [0.4, 0.5) is 0 Å². The van der Waals surface area contributed by atoms with Gasteiger partial charge in [0.1, 0.15) is 30.7 Å². The van der Waals surface area contributed by atoms with Crippen molar-refractivity contribution in [2.45, 2.75) is 0 Å². The Morgan fingerprint density at radius 3 is 2.83 bits per heavy atom. The lowest BCUT2D eigenvalue weighted by Gasteiger charge is -2.18. The molecule has 5 nitrogen and oxygen atoms in total. The summed E-state index contributed by atoms with van der Waals surface area (Å²) in [6, 6.07) is 7.74. The summed E-state index contributed by atoms with van der Waals surface area (Å²) in [7, 11) is 1.80. The zero-order valence-corrected chi connectivity index (χ0v) is 9.88. The largest absolute Gasteiger partial charge is 0.486 e. The third-order valence-electron chi connectivity index (χ3n) is 2.86. The molecule has 0 saturated heterocycles. The van der Waals surface area contributed by atoms with Crippen LogP contribution >= 0.6 is 0 Å². The van der Waals surface area contributed by atoms with Crippen LogP contribution in [0.5, 0.6) is 11.5 Å². The minimum Gasteiger partial charge on any atom is -0.486 e. The van der Waals surface area contributed by atoms with E-state index in [2.05, 4.69) is 11.1 Å². The molecule has 0 fully saturated rings. The first-order valence-corrected chi connectivity index (χ1v) is 5.61. The highest BCUT2D eigenvalue weighted by atomic mass is 16.6. The maximum atomic E-state index is 9.12. The Morgan fingerprint density at radius 1 is 1.28 bits per heavy atom. The van der Waals surface area contributed by atoms with Crippen LogP contribution in [0.25, 0.3) is 11.3 Å². The molecular weight excluding hydrogens is 230 g/mol. The molecular formula is C13H11N3O2. The molecule has 5 heteroatoms. The van der Waals surface area contributed by atoms with E-state index in [1.807, 2.05) is 18.2 Å². The van der Waals surface area contributed by atoms with Gasteiger partial charge in [0, 0.05) is 12.6 Å². The number of nitriles is 1. The fraction of sp³-hybridized carbons (Fsp3) is 0.231. The topological polar surface area (TPSA) is 60.1 Å². The maximum absolute atomic E-state index is 9.12. The Morgan fingerprint density at radius 2 is 2.06 bits per heavy atom. The zero-order chi connectivity index (χ0) is 12.5. The average Bonchev–Trinajstić information content (AvgIpc) is 2.79. The molecule has 3 rings (SSSR count). The van der Waals surface area contributed by atoms with Gasteiger partial charge in [-0.15, -0.1) is 0 Å². The van der Waals surface area contributed by atoms with E-state index in [1.54, 1.807) is 17.9 Å². The van der Waals surface area contributed by atoms with E-state index in [0.717, 1.165) is 11.3 Å². The van der Waals surface area contributed by atoms with Crippen molar-refractivity contribution in [1.29, 1.82) is 5.26 Å². The third kappa shape index (κ3) is 1.59. The summed E-state index contributed by atoms with van der Waals surface area (Å²) in [4.78, 5) is 4.25. The lowest BCUT2D eigenvalue weighted by Crippen LogP contribution is -2.15. The first-order valence-electron chi connectivity index (χ1n) is 5.61. The van der Waals surface area contributed by atoms with E-state index >= 15 is 0 Å². The summed E-state index contributed by atoms with van der Waals surface area (Å²) in [6.45, 7) is 1.11. The summed E-state index contributed by atoms with van der Waals surface area (Å²) in [5.74, 6) is 1.44. The highest BCUT2D eigenvalue weighted by Crippen LogP contribution is 2.34. The number of aromatic nitrogens is 2. The van der Waals surface area contributed by atoms with Gasteiger partial charge < -0.3 is 14.0 Å². The molecule has 0 aliphatic carbocycles. The van der Waals surface area contributed by atoms with Crippen molar-refractivity contribution in [3.8, 4) is 28.8 Å². The number of benzene rings is 1. The number of hydrogen-bond donors (Lipinski definition) is 0. The lowest BCUT2D eigenvalue weighted by atomic mass is 10.1. The highest BCUT2D eigenvalue weighted by Gasteiger charge is 2.16. The van der Waals surface area contributed by atoms with Gasteiger partial charge >= 0.3 is 0 Å². The van der Waals surface area contributed by atoms with Crippen LogP contribution in [0.15, 0.2) is 24.5 Å². The molecule has 0 atom stereocenters. The normalized spacial score (nSPS) is 13.1.